The molecule has 4 nitrogen and oxygen atoms in total. The average molecular weight is 219 g/mol. The summed E-state index contributed by atoms with van der Waals surface area (Å²) in [5.41, 5.74) is 6.23. The van der Waals surface area contributed by atoms with E-state index in [4.69, 9.17) is 11.0 Å². The molecular formula is C11H10FN3O. The van der Waals surface area contributed by atoms with Gasteiger partial charge in [-0.25, -0.2) is 4.39 Å². The lowest BCUT2D eigenvalue weighted by Crippen LogP contribution is -2.28. The number of nitrogens with zero attached hydrogens (tertiary/aromatic N) is 2. The molecule has 1 atom stereocenters. The van der Waals surface area contributed by atoms with Crippen molar-refractivity contribution in [2.24, 2.45) is 5.73 Å². The van der Waals surface area contributed by atoms with Gasteiger partial charge in [-0.15, -0.1) is 0 Å². The fourth-order valence-corrected chi connectivity index (χ4v) is 1.79. The largest absolute Gasteiger partial charge is 0.326 e. The Bertz CT molecular complexity index is 481. The minimum atomic E-state index is -0.470. The van der Waals surface area contributed by atoms with Gasteiger partial charge in [-0.05, 0) is 18.2 Å². The molecule has 5 heteroatoms. The minimum absolute atomic E-state index is 0.172. The molecule has 0 spiro atoms. The predicted octanol–water partition coefficient (Wildman–Crippen LogP) is 0.761. The molecule has 1 aliphatic rings. The summed E-state index contributed by atoms with van der Waals surface area (Å²) in [4.78, 5) is 12.9. The van der Waals surface area contributed by atoms with Crippen LogP contribution in [-0.2, 0) is 4.79 Å². The number of carbonyl (C=O) groups is 1. The van der Waals surface area contributed by atoms with Crippen LogP contribution < -0.4 is 10.6 Å². The molecule has 1 aromatic rings. The van der Waals surface area contributed by atoms with Crippen LogP contribution in [-0.4, -0.2) is 18.5 Å². The van der Waals surface area contributed by atoms with Crippen LogP contribution in [0.3, 0.4) is 0 Å². The maximum absolute atomic E-state index is 13.1. The number of benzene rings is 1. The van der Waals surface area contributed by atoms with Gasteiger partial charge in [-0.1, -0.05) is 0 Å². The molecule has 0 saturated carbocycles. The highest BCUT2D eigenvalue weighted by Crippen LogP contribution is 2.25. The second kappa shape index (κ2) is 3.91. The molecule has 0 radical (unpaired) electrons. The molecule has 82 valence electrons. The lowest BCUT2D eigenvalue weighted by molar-refractivity contribution is -0.117. The third kappa shape index (κ3) is 1.75. The van der Waals surface area contributed by atoms with Crippen LogP contribution in [0.1, 0.15) is 12.0 Å². The van der Waals surface area contributed by atoms with Gasteiger partial charge in [0.25, 0.3) is 0 Å². The number of halogens is 1. The fourth-order valence-electron chi connectivity index (χ4n) is 1.79. The summed E-state index contributed by atoms with van der Waals surface area (Å²) in [7, 11) is 0. The third-order valence-electron chi connectivity index (χ3n) is 2.53. The summed E-state index contributed by atoms with van der Waals surface area (Å²) in [6.07, 6.45) is 0.237. The first-order chi connectivity index (χ1) is 7.61. The molecule has 1 heterocycles. The Labute approximate surface area is 92.1 Å². The van der Waals surface area contributed by atoms with Crippen molar-refractivity contribution in [3.05, 3.63) is 29.6 Å². The number of anilines is 1. The zero-order valence-corrected chi connectivity index (χ0v) is 8.48. The molecule has 0 bridgehead atoms. The first kappa shape index (κ1) is 10.6. The topological polar surface area (TPSA) is 70.1 Å². The maximum atomic E-state index is 13.1. The second-order valence-corrected chi connectivity index (χ2v) is 3.74. The summed E-state index contributed by atoms with van der Waals surface area (Å²) < 4.78 is 13.1. The normalized spacial score (nSPS) is 19.9. The summed E-state index contributed by atoms with van der Waals surface area (Å²) in [6, 6.07) is 5.43. The molecule has 1 unspecified atom stereocenters. The Kier molecular flexibility index (Phi) is 2.59. The second-order valence-electron chi connectivity index (χ2n) is 3.74. The van der Waals surface area contributed by atoms with Crippen molar-refractivity contribution in [2.75, 3.05) is 11.4 Å². The lowest BCUT2D eigenvalue weighted by Gasteiger charge is -2.17. The third-order valence-corrected chi connectivity index (χ3v) is 2.53. The van der Waals surface area contributed by atoms with Crippen molar-refractivity contribution < 1.29 is 9.18 Å². The van der Waals surface area contributed by atoms with Crippen LogP contribution in [0.5, 0.6) is 0 Å². The molecule has 16 heavy (non-hydrogen) atoms. The predicted molar refractivity (Wildman–Crippen MR) is 56.1 cm³/mol. The summed E-state index contributed by atoms with van der Waals surface area (Å²) in [5.74, 6) is -0.642. The van der Waals surface area contributed by atoms with Crippen molar-refractivity contribution in [3.63, 3.8) is 0 Å². The molecule has 1 aliphatic heterocycles. The van der Waals surface area contributed by atoms with Gasteiger partial charge in [0, 0.05) is 19.0 Å². The molecule has 2 rings (SSSR count). The number of hydrogen-bond acceptors (Lipinski definition) is 3. The van der Waals surface area contributed by atoms with E-state index in [2.05, 4.69) is 0 Å². The molecule has 1 saturated heterocycles. The number of hydrogen-bond donors (Lipinski definition) is 1. The van der Waals surface area contributed by atoms with Gasteiger partial charge in [0.15, 0.2) is 0 Å². The minimum Gasteiger partial charge on any atom is -0.326 e. The number of rotatable bonds is 1. The average Bonchev–Trinajstić information content (AvgIpc) is 2.57. The molecule has 1 fully saturated rings. The number of nitrogens with two attached hydrogens (primary N) is 1. The number of carbonyl (C=O) groups excluding carboxylic acids is 1. The Hall–Kier alpha value is -1.93. The van der Waals surface area contributed by atoms with E-state index in [1.807, 2.05) is 6.07 Å². The molecule has 2 N–H and O–H groups in total. The van der Waals surface area contributed by atoms with Crippen LogP contribution in [0.2, 0.25) is 0 Å². The zero-order valence-electron chi connectivity index (χ0n) is 8.48. The highest BCUT2D eigenvalue weighted by molar-refractivity contribution is 5.97. The summed E-state index contributed by atoms with van der Waals surface area (Å²) >= 11 is 0. The quantitative estimate of drug-likeness (QED) is 0.758. The monoisotopic (exact) mass is 219 g/mol. The van der Waals surface area contributed by atoms with Crippen molar-refractivity contribution in [3.8, 4) is 6.07 Å². The molecule has 1 amide bonds. The van der Waals surface area contributed by atoms with E-state index in [-0.39, 0.29) is 23.9 Å². The number of nitriles is 1. The van der Waals surface area contributed by atoms with Crippen molar-refractivity contribution in [1.29, 1.82) is 5.26 Å². The van der Waals surface area contributed by atoms with E-state index in [9.17, 15) is 9.18 Å². The van der Waals surface area contributed by atoms with Crippen molar-refractivity contribution >= 4 is 11.6 Å². The van der Waals surface area contributed by atoms with Gasteiger partial charge in [-0.3, -0.25) is 4.79 Å². The van der Waals surface area contributed by atoms with Crippen LogP contribution in [0, 0.1) is 17.1 Å². The van der Waals surface area contributed by atoms with Gasteiger partial charge < -0.3 is 10.6 Å². The van der Waals surface area contributed by atoms with Gasteiger partial charge in [-0.2, -0.15) is 5.26 Å². The Morgan fingerprint density at radius 3 is 2.88 bits per heavy atom. The summed E-state index contributed by atoms with van der Waals surface area (Å²) in [5, 5.41) is 8.88. The standard InChI is InChI=1S/C11H10FN3O/c12-8-2-1-7(5-13)10(3-8)15-6-9(14)4-11(15)16/h1-3,9H,4,6,14H2. The van der Waals surface area contributed by atoms with Gasteiger partial charge in [0.05, 0.1) is 11.3 Å². The fraction of sp³-hybridized carbons (Fsp3) is 0.273. The molecule has 0 aromatic heterocycles. The van der Waals surface area contributed by atoms with E-state index in [1.54, 1.807) is 0 Å². The highest BCUT2D eigenvalue weighted by atomic mass is 19.1. The van der Waals surface area contributed by atoms with Crippen molar-refractivity contribution in [1.82, 2.24) is 0 Å². The SMILES string of the molecule is N#Cc1ccc(F)cc1N1CC(N)CC1=O. The Morgan fingerprint density at radius 1 is 1.56 bits per heavy atom. The van der Waals surface area contributed by atoms with E-state index < -0.39 is 5.82 Å². The highest BCUT2D eigenvalue weighted by Gasteiger charge is 2.29. The first-order valence-corrected chi connectivity index (χ1v) is 4.87. The van der Waals surface area contributed by atoms with Gasteiger partial charge in [0.1, 0.15) is 11.9 Å². The Balaban J connectivity index is 2.44. The van der Waals surface area contributed by atoms with E-state index in [0.29, 0.717) is 12.2 Å². The van der Waals surface area contributed by atoms with Crippen LogP contribution >= 0.6 is 0 Å². The van der Waals surface area contributed by atoms with E-state index in [1.165, 1.54) is 23.1 Å². The van der Waals surface area contributed by atoms with Gasteiger partial charge in [0.2, 0.25) is 5.91 Å². The number of amides is 1. The van der Waals surface area contributed by atoms with Crippen molar-refractivity contribution in [2.45, 2.75) is 12.5 Å². The Morgan fingerprint density at radius 2 is 2.31 bits per heavy atom. The zero-order chi connectivity index (χ0) is 11.7. The van der Waals surface area contributed by atoms with Gasteiger partial charge >= 0.3 is 0 Å². The summed E-state index contributed by atoms with van der Waals surface area (Å²) in [6.45, 7) is 0.330. The van der Waals surface area contributed by atoms with E-state index >= 15 is 0 Å². The molecule has 0 aliphatic carbocycles. The van der Waals surface area contributed by atoms with Crippen LogP contribution in [0.15, 0.2) is 18.2 Å². The van der Waals surface area contributed by atoms with Crippen LogP contribution in [0.25, 0.3) is 0 Å². The lowest BCUT2D eigenvalue weighted by atomic mass is 10.1. The first-order valence-electron chi connectivity index (χ1n) is 4.87. The van der Waals surface area contributed by atoms with Crippen LogP contribution in [0.4, 0.5) is 10.1 Å². The smallest absolute Gasteiger partial charge is 0.228 e. The maximum Gasteiger partial charge on any atom is 0.228 e. The van der Waals surface area contributed by atoms with E-state index in [0.717, 1.165) is 0 Å². The molecule has 1 aromatic carbocycles. The molecular weight excluding hydrogens is 209 g/mol.